The number of anilines is 2. The van der Waals surface area contributed by atoms with Gasteiger partial charge in [0.1, 0.15) is 5.82 Å². The van der Waals surface area contributed by atoms with Crippen molar-refractivity contribution in [1.82, 2.24) is 25.5 Å². The van der Waals surface area contributed by atoms with Crippen LogP contribution in [0.5, 0.6) is 0 Å². The summed E-state index contributed by atoms with van der Waals surface area (Å²) in [7, 11) is 0. The van der Waals surface area contributed by atoms with Crippen LogP contribution in [-0.4, -0.2) is 32.7 Å². The summed E-state index contributed by atoms with van der Waals surface area (Å²) in [5.74, 6) is 1.19. The van der Waals surface area contributed by atoms with Crippen LogP contribution in [0.1, 0.15) is 25.6 Å². The normalized spacial score (nSPS) is 11.9. The summed E-state index contributed by atoms with van der Waals surface area (Å²) in [5, 5.41) is 16.7. The highest BCUT2D eigenvalue weighted by Crippen LogP contribution is 2.21. The molecule has 0 radical (unpaired) electrons. The number of carbonyl (C=O) groups excluding carboxylic acids is 1. The zero-order valence-corrected chi connectivity index (χ0v) is 13.5. The zero-order chi connectivity index (χ0) is 16.9. The van der Waals surface area contributed by atoms with E-state index in [-0.39, 0.29) is 12.1 Å². The summed E-state index contributed by atoms with van der Waals surface area (Å²) < 4.78 is 0. The van der Waals surface area contributed by atoms with Gasteiger partial charge in [-0.15, -0.1) is 0 Å². The number of nitrogens with one attached hydrogen (secondary N) is 4. The van der Waals surface area contributed by atoms with E-state index in [1.165, 1.54) is 0 Å². The molecular formula is C16H19N7O. The van der Waals surface area contributed by atoms with Crippen molar-refractivity contribution in [1.29, 1.82) is 0 Å². The van der Waals surface area contributed by atoms with E-state index in [4.69, 9.17) is 0 Å². The van der Waals surface area contributed by atoms with Gasteiger partial charge in [0.05, 0.1) is 22.6 Å². The summed E-state index contributed by atoms with van der Waals surface area (Å²) in [4.78, 5) is 20.6. The number of urea groups is 1. The molecule has 3 rings (SSSR count). The molecule has 4 N–H and O–H groups in total. The molecule has 2 amide bonds. The molecule has 8 heteroatoms. The topological polar surface area (TPSA) is 108 Å². The van der Waals surface area contributed by atoms with Crippen molar-refractivity contribution in [3.8, 4) is 0 Å². The highest BCUT2D eigenvalue weighted by molar-refractivity contribution is 5.94. The average Bonchev–Trinajstić information content (AvgIpc) is 2.98. The molecule has 0 aliphatic carbocycles. The van der Waals surface area contributed by atoms with E-state index in [1.54, 1.807) is 18.5 Å². The molecule has 0 bridgehead atoms. The largest absolute Gasteiger partial charge is 0.368 e. The molecule has 0 aliphatic rings. The molecule has 0 fully saturated rings. The van der Waals surface area contributed by atoms with Gasteiger partial charge in [0.2, 0.25) is 0 Å². The van der Waals surface area contributed by atoms with Gasteiger partial charge in [-0.05, 0) is 26.0 Å². The van der Waals surface area contributed by atoms with Gasteiger partial charge in [-0.25, -0.2) is 9.78 Å². The molecule has 3 aromatic rings. The molecule has 8 nitrogen and oxygen atoms in total. The third-order valence-corrected chi connectivity index (χ3v) is 3.51. The van der Waals surface area contributed by atoms with E-state index in [0.29, 0.717) is 5.82 Å². The molecule has 0 saturated heterocycles. The maximum absolute atomic E-state index is 12.1. The number of aromatic amines is 1. The number of amides is 2. The van der Waals surface area contributed by atoms with Crippen LogP contribution < -0.4 is 16.0 Å². The quantitative estimate of drug-likeness (QED) is 0.577. The molecular weight excluding hydrogens is 306 g/mol. The number of H-pyrrole nitrogens is 1. The third-order valence-electron chi connectivity index (χ3n) is 3.51. The Morgan fingerprint density at radius 2 is 2.21 bits per heavy atom. The highest BCUT2D eigenvalue weighted by atomic mass is 16.2. The maximum atomic E-state index is 12.1. The van der Waals surface area contributed by atoms with Crippen LogP contribution in [0.4, 0.5) is 16.4 Å². The monoisotopic (exact) mass is 325 g/mol. The molecule has 3 aromatic heterocycles. The van der Waals surface area contributed by atoms with Gasteiger partial charge >= 0.3 is 6.03 Å². The minimum atomic E-state index is -0.341. The second-order valence-corrected chi connectivity index (χ2v) is 5.29. The summed E-state index contributed by atoms with van der Waals surface area (Å²) in [6, 6.07) is 6.78. The fraction of sp³-hybridized carbons (Fsp3) is 0.250. The van der Waals surface area contributed by atoms with Crippen molar-refractivity contribution in [3.05, 3.63) is 42.4 Å². The lowest BCUT2D eigenvalue weighted by Crippen LogP contribution is -2.31. The Hall–Kier alpha value is -3.16. The molecule has 3 heterocycles. The Balaban J connectivity index is 1.67. The fourth-order valence-corrected chi connectivity index (χ4v) is 2.34. The Morgan fingerprint density at radius 1 is 1.33 bits per heavy atom. The Morgan fingerprint density at radius 3 is 2.96 bits per heavy atom. The lowest BCUT2D eigenvalue weighted by Gasteiger charge is -2.13. The minimum Gasteiger partial charge on any atom is -0.368 e. The van der Waals surface area contributed by atoms with Gasteiger partial charge in [0.15, 0.2) is 5.82 Å². The van der Waals surface area contributed by atoms with Crippen LogP contribution in [0.3, 0.4) is 0 Å². The lowest BCUT2D eigenvalue weighted by atomic mass is 10.2. The standard InChI is InChI=1S/C16H19N7O/c1-3-17-15-11-9-19-14(8-13(11)22-23-15)21-16(24)20-10(2)12-6-4-5-7-18-12/h4-10H,3H2,1-2H3,(H2,17,22,23)(H2,19,20,21,24). The zero-order valence-electron chi connectivity index (χ0n) is 13.5. The Kier molecular flexibility index (Phi) is 4.55. The van der Waals surface area contributed by atoms with Crippen LogP contribution in [0, 0.1) is 0 Å². The summed E-state index contributed by atoms with van der Waals surface area (Å²) in [5.41, 5.74) is 1.59. The number of carbonyl (C=O) groups is 1. The Labute approximate surface area is 139 Å². The number of nitrogens with zero attached hydrogens (tertiary/aromatic N) is 3. The first-order chi connectivity index (χ1) is 11.7. The van der Waals surface area contributed by atoms with Crippen molar-refractivity contribution in [3.63, 3.8) is 0 Å². The number of rotatable bonds is 5. The van der Waals surface area contributed by atoms with Crippen LogP contribution in [0.15, 0.2) is 36.7 Å². The second-order valence-electron chi connectivity index (χ2n) is 5.29. The van der Waals surface area contributed by atoms with Crippen molar-refractivity contribution in [2.45, 2.75) is 19.9 Å². The van der Waals surface area contributed by atoms with Gasteiger partial charge in [-0.3, -0.25) is 15.4 Å². The van der Waals surface area contributed by atoms with Crippen LogP contribution in [-0.2, 0) is 0 Å². The Bertz CT molecular complexity index is 831. The van der Waals surface area contributed by atoms with Gasteiger partial charge < -0.3 is 10.6 Å². The van der Waals surface area contributed by atoms with Gasteiger partial charge in [0.25, 0.3) is 0 Å². The smallest absolute Gasteiger partial charge is 0.320 e. The van der Waals surface area contributed by atoms with Crippen LogP contribution >= 0.6 is 0 Å². The van der Waals surface area contributed by atoms with E-state index < -0.39 is 0 Å². The number of aromatic nitrogens is 4. The van der Waals surface area contributed by atoms with Gasteiger partial charge in [-0.1, -0.05) is 6.07 Å². The predicted molar refractivity (Wildman–Crippen MR) is 92.9 cm³/mol. The van der Waals surface area contributed by atoms with E-state index in [0.717, 1.165) is 29.0 Å². The minimum absolute atomic E-state index is 0.206. The summed E-state index contributed by atoms with van der Waals surface area (Å²) in [6.07, 6.45) is 3.37. The molecule has 1 unspecified atom stereocenters. The number of hydrogen-bond donors (Lipinski definition) is 4. The van der Waals surface area contributed by atoms with E-state index in [1.807, 2.05) is 32.0 Å². The lowest BCUT2D eigenvalue weighted by molar-refractivity contribution is 0.249. The summed E-state index contributed by atoms with van der Waals surface area (Å²) >= 11 is 0. The van der Waals surface area contributed by atoms with Gasteiger partial charge in [-0.2, -0.15) is 5.10 Å². The first kappa shape index (κ1) is 15.7. The molecule has 1 atom stereocenters. The molecule has 124 valence electrons. The van der Waals surface area contributed by atoms with E-state index in [9.17, 15) is 4.79 Å². The average molecular weight is 325 g/mol. The van der Waals surface area contributed by atoms with Gasteiger partial charge in [0, 0.05) is 25.0 Å². The first-order valence-electron chi connectivity index (χ1n) is 7.74. The fourth-order valence-electron chi connectivity index (χ4n) is 2.34. The number of fused-ring (bicyclic) bond motifs is 1. The molecule has 0 aromatic carbocycles. The number of pyridine rings is 2. The second kappa shape index (κ2) is 6.95. The maximum Gasteiger partial charge on any atom is 0.320 e. The van der Waals surface area contributed by atoms with E-state index >= 15 is 0 Å². The van der Waals surface area contributed by atoms with Crippen molar-refractivity contribution < 1.29 is 4.79 Å². The molecule has 0 aliphatic heterocycles. The predicted octanol–water partition coefficient (Wildman–Crippen LogP) is 2.67. The number of hydrogen-bond acceptors (Lipinski definition) is 5. The SMILES string of the molecule is CCNc1n[nH]c2cc(NC(=O)NC(C)c3ccccn3)ncc12. The molecule has 24 heavy (non-hydrogen) atoms. The van der Waals surface area contributed by atoms with Crippen LogP contribution in [0.2, 0.25) is 0 Å². The molecule has 0 spiro atoms. The van der Waals surface area contributed by atoms with Crippen molar-refractivity contribution in [2.24, 2.45) is 0 Å². The van der Waals surface area contributed by atoms with Crippen molar-refractivity contribution in [2.75, 3.05) is 17.2 Å². The summed E-state index contributed by atoms with van der Waals surface area (Å²) in [6.45, 7) is 4.64. The van der Waals surface area contributed by atoms with Crippen molar-refractivity contribution >= 4 is 28.6 Å². The third kappa shape index (κ3) is 3.43. The molecule has 0 saturated carbocycles. The highest BCUT2D eigenvalue weighted by Gasteiger charge is 2.12. The first-order valence-corrected chi connectivity index (χ1v) is 7.74. The van der Waals surface area contributed by atoms with E-state index in [2.05, 4.69) is 36.1 Å². The van der Waals surface area contributed by atoms with Crippen LogP contribution in [0.25, 0.3) is 10.9 Å².